The topological polar surface area (TPSA) is 125 Å². The third-order valence-electron chi connectivity index (χ3n) is 7.08. The number of allylic oxidation sites excluding steroid dienone is 4. The van der Waals surface area contributed by atoms with Gasteiger partial charge in [0.05, 0.1) is 12.2 Å². The molecule has 1 saturated heterocycles. The molecule has 3 heterocycles. The number of thioether (sulfide) groups is 1. The van der Waals surface area contributed by atoms with Gasteiger partial charge in [0.25, 0.3) is 0 Å². The van der Waals surface area contributed by atoms with E-state index in [4.69, 9.17) is 5.73 Å². The fraction of sp³-hybridized carbons (Fsp3) is 0.500. The Hall–Kier alpha value is -2.92. The molecule has 6 N–H and O–H groups in total. The molecule has 1 aromatic carbocycles. The molecule has 3 atom stereocenters. The molecule has 1 aromatic heterocycles. The summed E-state index contributed by atoms with van der Waals surface area (Å²) in [6.45, 7) is 16.0. The van der Waals surface area contributed by atoms with Gasteiger partial charge in [0.15, 0.2) is 0 Å². The molecule has 3 amide bonds. The number of hydrogen-bond acceptors (Lipinski definition) is 7. The largest absolute Gasteiger partial charge is 0.342 e. The SMILES string of the molecule is C/C1=C/SC(C)/C=C\C=C/C1C.CC.CC.NC1(C(=O)N[C@H](Cc2csc3ccccc23)C(=O)NCNC=O)CCNCC1. The molecule has 1 fully saturated rings. The summed E-state index contributed by atoms with van der Waals surface area (Å²) < 4.78 is 1.12. The van der Waals surface area contributed by atoms with E-state index >= 15 is 0 Å². The second-order valence-electron chi connectivity index (χ2n) is 10.2. The van der Waals surface area contributed by atoms with Gasteiger partial charge in [-0.05, 0) is 73.5 Å². The first-order chi connectivity index (χ1) is 21.2. The van der Waals surface area contributed by atoms with Crippen LogP contribution < -0.4 is 27.0 Å². The highest BCUT2D eigenvalue weighted by atomic mass is 32.2. The third-order valence-corrected chi connectivity index (χ3v) is 9.19. The minimum atomic E-state index is -0.985. The van der Waals surface area contributed by atoms with Crippen LogP contribution >= 0.6 is 23.1 Å². The normalized spacial score (nSPS) is 22.0. The van der Waals surface area contributed by atoms with Gasteiger partial charge in [0.2, 0.25) is 18.2 Å². The zero-order valence-corrected chi connectivity index (χ0v) is 29.1. The molecule has 2 aliphatic rings. The molecule has 2 unspecified atom stereocenters. The maximum atomic E-state index is 12.8. The van der Waals surface area contributed by atoms with Crippen LogP contribution in [0.2, 0.25) is 0 Å². The van der Waals surface area contributed by atoms with Crippen molar-refractivity contribution in [3.63, 3.8) is 0 Å². The van der Waals surface area contributed by atoms with Crippen LogP contribution in [0.4, 0.5) is 0 Å². The minimum absolute atomic E-state index is 0.00320. The number of fused-ring (bicyclic) bond motifs is 1. The van der Waals surface area contributed by atoms with Crippen LogP contribution in [0.25, 0.3) is 10.1 Å². The van der Waals surface area contributed by atoms with Gasteiger partial charge in [-0.3, -0.25) is 14.4 Å². The smallest absolute Gasteiger partial charge is 0.244 e. The maximum absolute atomic E-state index is 12.8. The van der Waals surface area contributed by atoms with Crippen molar-refractivity contribution < 1.29 is 14.4 Å². The fourth-order valence-corrected chi connectivity index (χ4v) is 6.10. The standard InChI is InChI=1S/C19H25N5O3S.C11H16S.2C2H6/c20-19(5-7-21-8-6-19)18(27)24-15(17(26)23-11-22-12-25)9-13-10-28-16-4-2-1-3-14(13)16;1-9-6-4-5-7-11(3)12-8-10(9)2;2*1-2/h1-4,10,12,15,21H,5-9,11,20H2,(H,22,25)(H,23,26)(H,24,27);4-9,11H,1-3H3;2*1-2H3/b;6-4-,7-5-,10-8-;;/t15-;;;/m1.../s1. The van der Waals surface area contributed by atoms with Gasteiger partial charge in [0, 0.05) is 16.4 Å². The van der Waals surface area contributed by atoms with Crippen molar-refractivity contribution in [2.75, 3.05) is 19.8 Å². The van der Waals surface area contributed by atoms with Gasteiger partial charge in [-0.25, -0.2) is 0 Å². The Bertz CT molecular complexity index is 1230. The highest BCUT2D eigenvalue weighted by molar-refractivity contribution is 8.02. The average Bonchev–Trinajstić information content (AvgIpc) is 3.48. The second kappa shape index (κ2) is 21.7. The molecule has 0 saturated carbocycles. The van der Waals surface area contributed by atoms with Gasteiger partial charge in [-0.2, -0.15) is 0 Å². The van der Waals surface area contributed by atoms with E-state index in [1.54, 1.807) is 11.3 Å². The van der Waals surface area contributed by atoms with Crippen LogP contribution in [0, 0.1) is 5.92 Å². The molecule has 244 valence electrons. The predicted octanol–water partition coefficient (Wildman–Crippen LogP) is 5.66. The molecule has 0 radical (unpaired) electrons. The van der Waals surface area contributed by atoms with E-state index in [0.29, 0.717) is 49.9 Å². The lowest BCUT2D eigenvalue weighted by Gasteiger charge is -2.33. The summed E-state index contributed by atoms with van der Waals surface area (Å²) in [5.74, 6) is -0.111. The number of carbonyl (C=O) groups excluding carboxylic acids is 3. The fourth-order valence-electron chi connectivity index (χ4n) is 4.30. The second-order valence-corrected chi connectivity index (χ2v) is 12.4. The number of hydrogen-bond donors (Lipinski definition) is 5. The van der Waals surface area contributed by atoms with Crippen molar-refractivity contribution in [3.05, 3.63) is 70.5 Å². The lowest BCUT2D eigenvalue weighted by Crippen LogP contribution is -2.62. The Morgan fingerprint density at radius 2 is 1.75 bits per heavy atom. The van der Waals surface area contributed by atoms with Crippen LogP contribution in [0.5, 0.6) is 0 Å². The Kier molecular flexibility index (Phi) is 19.3. The molecule has 0 aliphatic carbocycles. The lowest BCUT2D eigenvalue weighted by molar-refractivity contribution is -0.132. The summed E-state index contributed by atoms with van der Waals surface area (Å²) in [7, 11) is 0. The van der Waals surface area contributed by atoms with Crippen LogP contribution in [0.15, 0.2) is 64.9 Å². The first-order valence-electron chi connectivity index (χ1n) is 15.6. The van der Waals surface area contributed by atoms with Gasteiger partial charge < -0.3 is 27.0 Å². The van der Waals surface area contributed by atoms with Crippen molar-refractivity contribution >= 4 is 51.4 Å². The number of nitrogens with two attached hydrogens (primary N) is 1. The van der Waals surface area contributed by atoms with E-state index < -0.39 is 11.6 Å². The van der Waals surface area contributed by atoms with Crippen molar-refractivity contribution in [2.45, 2.75) is 84.6 Å². The molecule has 2 aliphatic heterocycles. The number of nitrogens with one attached hydrogen (secondary N) is 4. The Morgan fingerprint density at radius 3 is 2.43 bits per heavy atom. The van der Waals surface area contributed by atoms with Crippen LogP contribution in [-0.4, -0.2) is 54.8 Å². The number of piperidine rings is 1. The number of thiophene rings is 1. The zero-order chi connectivity index (χ0) is 33.0. The summed E-state index contributed by atoms with van der Waals surface area (Å²) >= 11 is 3.49. The van der Waals surface area contributed by atoms with Crippen molar-refractivity contribution in [2.24, 2.45) is 11.7 Å². The minimum Gasteiger partial charge on any atom is -0.342 e. The van der Waals surface area contributed by atoms with Crippen molar-refractivity contribution in [3.8, 4) is 0 Å². The monoisotopic (exact) mass is 643 g/mol. The quantitative estimate of drug-likeness (QED) is 0.144. The van der Waals surface area contributed by atoms with E-state index in [9.17, 15) is 14.4 Å². The Morgan fingerprint density at radius 1 is 1.09 bits per heavy atom. The summed E-state index contributed by atoms with van der Waals surface area (Å²) in [5, 5.41) is 17.0. The van der Waals surface area contributed by atoms with Gasteiger partial charge in [-0.15, -0.1) is 23.1 Å². The number of benzene rings is 1. The van der Waals surface area contributed by atoms with E-state index in [-0.39, 0.29) is 18.5 Å². The molecular weight excluding hydrogens is 591 g/mol. The first-order valence-corrected chi connectivity index (χ1v) is 17.4. The zero-order valence-electron chi connectivity index (χ0n) is 27.4. The molecule has 2 aromatic rings. The summed E-state index contributed by atoms with van der Waals surface area (Å²) in [4.78, 5) is 35.9. The van der Waals surface area contributed by atoms with E-state index in [1.807, 2.05) is 69.1 Å². The van der Waals surface area contributed by atoms with Crippen LogP contribution in [0.3, 0.4) is 0 Å². The Balaban J connectivity index is 0.000000505. The van der Waals surface area contributed by atoms with E-state index in [2.05, 4.69) is 71.8 Å². The molecule has 44 heavy (non-hydrogen) atoms. The van der Waals surface area contributed by atoms with Gasteiger partial charge in [0.1, 0.15) is 6.04 Å². The third kappa shape index (κ3) is 13.0. The number of amides is 3. The summed E-state index contributed by atoms with van der Waals surface area (Å²) in [5.41, 5.74) is 7.75. The Labute approximate surface area is 272 Å². The molecule has 8 nitrogen and oxygen atoms in total. The lowest BCUT2D eigenvalue weighted by atomic mass is 9.88. The molecule has 4 rings (SSSR count). The molecule has 0 bridgehead atoms. The van der Waals surface area contributed by atoms with Crippen LogP contribution in [0.1, 0.15) is 66.9 Å². The van der Waals surface area contributed by atoms with Gasteiger partial charge >= 0.3 is 0 Å². The van der Waals surface area contributed by atoms with Crippen LogP contribution in [-0.2, 0) is 20.8 Å². The van der Waals surface area contributed by atoms with Gasteiger partial charge in [-0.1, -0.05) is 82.7 Å². The summed E-state index contributed by atoms with van der Waals surface area (Å²) in [6.07, 6.45) is 10.6. The summed E-state index contributed by atoms with van der Waals surface area (Å²) in [6, 6.07) is 7.16. The highest BCUT2D eigenvalue weighted by Gasteiger charge is 2.37. The van der Waals surface area contributed by atoms with Crippen molar-refractivity contribution in [1.29, 1.82) is 0 Å². The average molecular weight is 644 g/mol. The first kappa shape index (κ1) is 39.1. The van der Waals surface area contributed by atoms with Crippen molar-refractivity contribution in [1.82, 2.24) is 21.3 Å². The van der Waals surface area contributed by atoms with E-state index in [0.717, 1.165) is 15.6 Å². The highest BCUT2D eigenvalue weighted by Crippen LogP contribution is 2.27. The number of rotatable bonds is 8. The molecular formula is C34H53N5O3S2. The molecule has 0 spiro atoms. The predicted molar refractivity (Wildman–Crippen MR) is 190 cm³/mol. The maximum Gasteiger partial charge on any atom is 0.244 e. The number of carbonyl (C=O) groups is 3. The van der Waals surface area contributed by atoms with E-state index in [1.165, 1.54) is 5.57 Å². The molecule has 10 heteroatoms.